The van der Waals surface area contributed by atoms with Crippen LogP contribution >= 0.6 is 15.9 Å². The molecule has 4 amide bonds. The van der Waals surface area contributed by atoms with Crippen LogP contribution in [0, 0.1) is 11.6 Å². The summed E-state index contributed by atoms with van der Waals surface area (Å²) in [6.45, 7) is 1.57. The number of benzene rings is 1. The summed E-state index contributed by atoms with van der Waals surface area (Å²) in [4.78, 5) is 43.8. The normalized spacial score (nSPS) is 16.5. The molecule has 2 aliphatic heterocycles. The Morgan fingerprint density at radius 1 is 0.745 bits per heavy atom. The van der Waals surface area contributed by atoms with Crippen LogP contribution in [0.3, 0.4) is 0 Å². The van der Waals surface area contributed by atoms with Crippen molar-refractivity contribution in [2.45, 2.75) is 37.8 Å². The van der Waals surface area contributed by atoms with Gasteiger partial charge in [0.15, 0.2) is 11.6 Å². The molecule has 2 aromatic heterocycles. The van der Waals surface area contributed by atoms with Crippen molar-refractivity contribution in [3.05, 3.63) is 59.2 Å². The lowest BCUT2D eigenvalue weighted by atomic mass is 10.1. The van der Waals surface area contributed by atoms with E-state index in [9.17, 15) is 35.2 Å². The van der Waals surface area contributed by atoms with Gasteiger partial charge in [-0.3, -0.25) is 15.6 Å². The first-order valence-electron chi connectivity index (χ1n) is 15.6. The van der Waals surface area contributed by atoms with Crippen LogP contribution in [0.15, 0.2) is 47.6 Å². The monoisotopic (exact) mass is 816 g/mol. The van der Waals surface area contributed by atoms with E-state index < -0.39 is 37.7 Å². The SMILES string of the molecule is CN(C(=O)Nc1cnc(-c2cc(F)ccc2F)cn1)C1CCN(S(C)(=O)=O)CC1.CN(C(=O)Nc1cnc(Br)cn1)C1CCN(S(C)(=O)=O)CC1. The maximum absolute atomic E-state index is 13.8. The maximum atomic E-state index is 13.8. The zero-order valence-corrected chi connectivity index (χ0v) is 31.5. The number of carbonyl (C=O) groups is 2. The molecule has 0 saturated carbocycles. The van der Waals surface area contributed by atoms with Crippen molar-refractivity contribution < 1.29 is 35.2 Å². The second-order valence-electron chi connectivity index (χ2n) is 12.0. The first kappa shape index (κ1) is 39.9. The van der Waals surface area contributed by atoms with Crippen LogP contribution in [-0.2, 0) is 20.0 Å². The van der Waals surface area contributed by atoms with Gasteiger partial charge in [-0.15, -0.1) is 0 Å². The molecule has 2 N–H and O–H groups in total. The van der Waals surface area contributed by atoms with Gasteiger partial charge >= 0.3 is 12.1 Å². The number of rotatable bonds is 7. The average molecular weight is 818 g/mol. The lowest BCUT2D eigenvalue weighted by molar-refractivity contribution is 0.173. The minimum absolute atomic E-state index is 0.00130. The second-order valence-corrected chi connectivity index (χ2v) is 16.8. The molecule has 51 heavy (non-hydrogen) atoms. The number of aromatic nitrogens is 4. The molecule has 0 atom stereocenters. The maximum Gasteiger partial charge on any atom is 0.323 e. The van der Waals surface area contributed by atoms with Crippen molar-refractivity contribution in [3.8, 4) is 11.3 Å². The Labute approximate surface area is 303 Å². The lowest BCUT2D eigenvalue weighted by Gasteiger charge is -2.35. The first-order chi connectivity index (χ1) is 23.9. The quantitative estimate of drug-likeness (QED) is 0.357. The number of urea groups is 2. The Hall–Kier alpha value is -3.92. The fraction of sp³-hybridized carbons (Fsp3) is 0.467. The number of anilines is 2. The minimum Gasteiger partial charge on any atom is -0.324 e. The molecule has 0 bridgehead atoms. The summed E-state index contributed by atoms with van der Waals surface area (Å²) in [6, 6.07) is 2.23. The van der Waals surface area contributed by atoms with Gasteiger partial charge in [0.2, 0.25) is 20.0 Å². The van der Waals surface area contributed by atoms with Gasteiger partial charge in [-0.1, -0.05) is 0 Å². The smallest absolute Gasteiger partial charge is 0.323 e. The number of hydrogen-bond donors (Lipinski definition) is 2. The largest absolute Gasteiger partial charge is 0.324 e. The number of carbonyl (C=O) groups excluding carboxylic acids is 2. The molecule has 2 aliphatic rings. The van der Waals surface area contributed by atoms with E-state index in [4.69, 9.17) is 0 Å². The fourth-order valence-electron chi connectivity index (χ4n) is 5.45. The van der Waals surface area contributed by atoms with Crippen LogP contribution in [0.1, 0.15) is 25.7 Å². The van der Waals surface area contributed by atoms with E-state index in [1.54, 1.807) is 19.0 Å². The number of piperidine rings is 2. The van der Waals surface area contributed by atoms with E-state index in [1.165, 1.54) is 50.8 Å². The van der Waals surface area contributed by atoms with Crippen molar-refractivity contribution in [2.75, 3.05) is 63.4 Å². The summed E-state index contributed by atoms with van der Waals surface area (Å²) >= 11 is 3.17. The molecule has 1 aromatic carbocycles. The van der Waals surface area contributed by atoms with E-state index in [2.05, 4.69) is 46.5 Å². The molecular weight excluding hydrogens is 778 g/mol. The average Bonchev–Trinajstić information content (AvgIpc) is 3.09. The summed E-state index contributed by atoms with van der Waals surface area (Å²) in [6.07, 6.45) is 10.1. The van der Waals surface area contributed by atoms with Gasteiger partial charge in [0, 0.05) is 57.9 Å². The fourth-order valence-corrected chi connectivity index (χ4v) is 7.40. The van der Waals surface area contributed by atoms with Crippen LogP contribution in [0.25, 0.3) is 11.3 Å². The summed E-state index contributed by atoms with van der Waals surface area (Å²) in [7, 11) is -3.07. The molecule has 4 heterocycles. The van der Waals surface area contributed by atoms with Crippen LogP contribution in [0.4, 0.5) is 30.0 Å². The number of amides is 4. The summed E-state index contributed by atoms with van der Waals surface area (Å²) in [5.41, 5.74) is 0.117. The Morgan fingerprint density at radius 3 is 1.59 bits per heavy atom. The summed E-state index contributed by atoms with van der Waals surface area (Å²) in [5.74, 6) is -0.689. The molecule has 2 saturated heterocycles. The van der Waals surface area contributed by atoms with E-state index >= 15 is 0 Å². The third-order valence-corrected chi connectivity index (χ3v) is 11.5. The van der Waals surface area contributed by atoms with E-state index in [0.29, 0.717) is 62.3 Å². The van der Waals surface area contributed by atoms with Gasteiger partial charge in [-0.05, 0) is 59.8 Å². The predicted octanol–water partition coefficient (Wildman–Crippen LogP) is 3.44. The predicted molar refractivity (Wildman–Crippen MR) is 190 cm³/mol. The van der Waals surface area contributed by atoms with Gasteiger partial charge in [0.05, 0.1) is 43.0 Å². The highest BCUT2D eigenvalue weighted by Gasteiger charge is 2.30. The van der Waals surface area contributed by atoms with Crippen molar-refractivity contribution in [2.24, 2.45) is 0 Å². The van der Waals surface area contributed by atoms with Gasteiger partial charge < -0.3 is 9.80 Å². The molecular formula is C30H39BrF2N10O6S2. The second kappa shape index (κ2) is 17.1. The van der Waals surface area contributed by atoms with Gasteiger partial charge in [0.25, 0.3) is 0 Å². The van der Waals surface area contributed by atoms with Crippen LogP contribution < -0.4 is 10.6 Å². The van der Waals surface area contributed by atoms with Crippen molar-refractivity contribution in [3.63, 3.8) is 0 Å². The number of hydrogen-bond acceptors (Lipinski definition) is 10. The Morgan fingerprint density at radius 2 is 1.20 bits per heavy atom. The minimum atomic E-state index is -3.23. The molecule has 16 nitrogen and oxygen atoms in total. The number of nitrogens with zero attached hydrogens (tertiary/aromatic N) is 8. The highest BCUT2D eigenvalue weighted by Crippen LogP contribution is 2.23. The standard InChI is InChI=1S/C18H21F2N5O3S.C12H18BrN5O3S/c1-24(13-5-7-25(8-6-13)29(2,27)28)18(26)23-17-11-21-16(10-22-17)14-9-12(19)3-4-15(14)20;1-17(9-3-5-18(6-4-9)22(2,20)21)12(19)16-11-8-14-10(13)7-15-11/h3-4,9-11,13H,5-8H2,1-2H3,(H,22,23,26);7-9H,3-6H2,1-2H3,(H,15,16,19). The molecule has 0 radical (unpaired) electrons. The number of sulfonamides is 2. The third kappa shape index (κ3) is 11.3. The third-order valence-electron chi connectivity index (χ3n) is 8.47. The van der Waals surface area contributed by atoms with Gasteiger partial charge in [0.1, 0.15) is 16.2 Å². The number of halogens is 3. The van der Waals surface area contributed by atoms with Crippen molar-refractivity contribution in [1.82, 2.24) is 38.3 Å². The molecule has 0 spiro atoms. The van der Waals surface area contributed by atoms with Crippen LogP contribution in [-0.4, -0.2) is 132 Å². The topological polar surface area (TPSA) is 191 Å². The van der Waals surface area contributed by atoms with Crippen molar-refractivity contribution >= 4 is 59.7 Å². The van der Waals surface area contributed by atoms with E-state index in [-0.39, 0.29) is 35.2 Å². The van der Waals surface area contributed by atoms with E-state index in [1.807, 2.05) is 0 Å². The Kier molecular flexibility index (Phi) is 13.3. The zero-order chi connectivity index (χ0) is 37.5. The summed E-state index contributed by atoms with van der Waals surface area (Å²) < 4.78 is 76.7. The van der Waals surface area contributed by atoms with Crippen LogP contribution in [0.5, 0.6) is 0 Å². The molecule has 278 valence electrons. The summed E-state index contributed by atoms with van der Waals surface area (Å²) in [5, 5.41) is 5.27. The Balaban J connectivity index is 0.000000238. The molecule has 5 rings (SSSR count). The van der Waals surface area contributed by atoms with Crippen molar-refractivity contribution in [1.29, 1.82) is 0 Å². The first-order valence-corrected chi connectivity index (χ1v) is 20.1. The number of nitrogens with one attached hydrogen (secondary N) is 2. The highest BCUT2D eigenvalue weighted by atomic mass is 79.9. The zero-order valence-electron chi connectivity index (χ0n) is 28.3. The van der Waals surface area contributed by atoms with Crippen LogP contribution in [0.2, 0.25) is 0 Å². The Bertz CT molecular complexity index is 1890. The molecule has 0 aliphatic carbocycles. The highest BCUT2D eigenvalue weighted by molar-refractivity contribution is 9.10. The van der Waals surface area contributed by atoms with Gasteiger partial charge in [-0.25, -0.2) is 58.8 Å². The molecule has 2 fully saturated rings. The van der Waals surface area contributed by atoms with E-state index in [0.717, 1.165) is 18.2 Å². The molecule has 0 unspecified atom stereocenters. The molecule has 3 aromatic rings. The lowest BCUT2D eigenvalue weighted by Crippen LogP contribution is -2.48. The van der Waals surface area contributed by atoms with Gasteiger partial charge in [-0.2, -0.15) is 0 Å². The molecule has 21 heteroatoms.